The van der Waals surface area contributed by atoms with Crippen LogP contribution in [0.2, 0.25) is 0 Å². The Morgan fingerprint density at radius 3 is 2.03 bits per heavy atom. The Labute approximate surface area is 224 Å². The third-order valence-electron chi connectivity index (χ3n) is 7.87. The monoisotopic (exact) mass is 523 g/mol. The summed E-state index contributed by atoms with van der Waals surface area (Å²) in [6.07, 6.45) is -0.176. The number of carbonyl (C=O) groups excluding carboxylic acids is 5. The molecule has 2 fully saturated rings. The molecule has 0 unspecified atom stereocenters. The summed E-state index contributed by atoms with van der Waals surface area (Å²) in [4.78, 5) is 68.8. The maximum atomic E-state index is 14.0. The number of ketones is 2. The van der Waals surface area contributed by atoms with Gasteiger partial charge in [-0.05, 0) is 48.7 Å². The highest BCUT2D eigenvalue weighted by Gasteiger charge is 2.74. The molecule has 2 aliphatic heterocycles. The first-order valence-corrected chi connectivity index (χ1v) is 12.9. The van der Waals surface area contributed by atoms with Crippen molar-refractivity contribution in [1.29, 1.82) is 0 Å². The van der Waals surface area contributed by atoms with Gasteiger partial charge in [-0.15, -0.1) is 0 Å². The molecule has 2 heterocycles. The lowest BCUT2D eigenvalue weighted by Crippen LogP contribution is -2.51. The summed E-state index contributed by atoms with van der Waals surface area (Å²) in [5.41, 5.74) is 0.413. The van der Waals surface area contributed by atoms with Crippen LogP contribution < -0.4 is 4.90 Å². The van der Waals surface area contributed by atoms with Crippen LogP contribution in [0.3, 0.4) is 0 Å². The van der Waals surface area contributed by atoms with Crippen LogP contribution in [0.25, 0.3) is 0 Å². The molecule has 8 heteroatoms. The number of imide groups is 1. The summed E-state index contributed by atoms with van der Waals surface area (Å²) >= 11 is 0. The average molecular weight is 524 g/mol. The number of carbonyl (C=O) groups is 5. The lowest BCUT2D eigenvalue weighted by molar-refractivity contribution is -0.127. The minimum absolute atomic E-state index is 0.181. The molecule has 0 aromatic heterocycles. The zero-order valence-electron chi connectivity index (χ0n) is 21.4. The van der Waals surface area contributed by atoms with Crippen molar-refractivity contribution < 1.29 is 33.4 Å². The first kappa shape index (κ1) is 24.9. The Balaban J connectivity index is 1.46. The Morgan fingerprint density at radius 2 is 1.46 bits per heavy atom. The predicted molar refractivity (Wildman–Crippen MR) is 139 cm³/mol. The molecule has 3 aliphatic rings. The maximum absolute atomic E-state index is 14.0. The topological polar surface area (TPSA) is 107 Å². The van der Waals surface area contributed by atoms with Crippen molar-refractivity contribution in [3.63, 3.8) is 0 Å². The van der Waals surface area contributed by atoms with E-state index in [2.05, 4.69) is 0 Å². The molecular formula is C31H25NO7. The number of nitrogens with zero attached hydrogens (tertiary/aromatic N) is 1. The maximum Gasteiger partial charge on any atom is 0.338 e. The van der Waals surface area contributed by atoms with Gasteiger partial charge >= 0.3 is 5.97 Å². The molecule has 0 saturated carbocycles. The van der Waals surface area contributed by atoms with Crippen LogP contribution >= 0.6 is 0 Å². The quantitative estimate of drug-likeness (QED) is 0.281. The summed E-state index contributed by atoms with van der Waals surface area (Å²) in [6.45, 7) is 3.92. The van der Waals surface area contributed by atoms with E-state index in [1.165, 1.54) is 24.3 Å². The van der Waals surface area contributed by atoms with Crippen molar-refractivity contribution >= 4 is 35.0 Å². The lowest BCUT2D eigenvalue weighted by Gasteiger charge is -2.27. The summed E-state index contributed by atoms with van der Waals surface area (Å²) in [6, 6.07) is 19.7. The average Bonchev–Trinajstić information content (AvgIpc) is 3.53. The molecule has 196 valence electrons. The van der Waals surface area contributed by atoms with Gasteiger partial charge in [0.25, 0.3) is 0 Å². The first-order chi connectivity index (χ1) is 18.8. The van der Waals surface area contributed by atoms with E-state index < -0.39 is 52.9 Å². The molecule has 8 nitrogen and oxygen atoms in total. The molecule has 39 heavy (non-hydrogen) atoms. The van der Waals surface area contributed by atoms with E-state index in [9.17, 15) is 24.0 Å². The lowest BCUT2D eigenvalue weighted by atomic mass is 9.77. The van der Waals surface area contributed by atoms with Gasteiger partial charge in [-0.1, -0.05) is 55.5 Å². The van der Waals surface area contributed by atoms with Crippen LogP contribution in [0.15, 0.2) is 72.8 Å². The van der Waals surface area contributed by atoms with Crippen molar-refractivity contribution in [2.75, 3.05) is 11.5 Å². The molecule has 3 atom stereocenters. The molecule has 2 saturated heterocycles. The van der Waals surface area contributed by atoms with Gasteiger partial charge in [0.15, 0.2) is 0 Å². The third-order valence-corrected chi connectivity index (χ3v) is 7.87. The van der Waals surface area contributed by atoms with E-state index in [-0.39, 0.29) is 29.0 Å². The van der Waals surface area contributed by atoms with Gasteiger partial charge in [0, 0.05) is 11.1 Å². The van der Waals surface area contributed by atoms with Gasteiger partial charge in [0.1, 0.15) is 0 Å². The summed E-state index contributed by atoms with van der Waals surface area (Å²) in [5.74, 6) is -5.40. The highest BCUT2D eigenvalue weighted by Crippen LogP contribution is 2.57. The summed E-state index contributed by atoms with van der Waals surface area (Å²) in [5, 5.41) is 0. The number of anilines is 1. The van der Waals surface area contributed by atoms with Crippen molar-refractivity contribution in [2.45, 2.75) is 32.0 Å². The van der Waals surface area contributed by atoms with Gasteiger partial charge in [0.2, 0.25) is 29.0 Å². The zero-order valence-corrected chi connectivity index (χ0v) is 21.4. The number of rotatable bonds is 5. The van der Waals surface area contributed by atoms with Crippen LogP contribution in [0.5, 0.6) is 0 Å². The van der Waals surface area contributed by atoms with E-state index in [1.807, 2.05) is 31.2 Å². The second-order valence-corrected chi connectivity index (χ2v) is 9.86. The number of fused-ring (bicyclic) bond motifs is 3. The largest absolute Gasteiger partial charge is 0.462 e. The molecular weight excluding hydrogens is 498 g/mol. The number of Topliss-reactive ketones (excluding diaryl/α,β-unsaturated/α-hetero) is 2. The number of hydrogen-bond donors (Lipinski definition) is 0. The fourth-order valence-electron chi connectivity index (χ4n) is 5.98. The molecule has 3 aromatic rings. The molecule has 0 N–H and O–H groups in total. The molecule has 0 bridgehead atoms. The van der Waals surface area contributed by atoms with E-state index >= 15 is 0 Å². The zero-order chi connectivity index (χ0) is 27.5. The van der Waals surface area contributed by atoms with Crippen molar-refractivity contribution in [3.05, 3.63) is 101 Å². The first-order valence-electron chi connectivity index (χ1n) is 12.9. The van der Waals surface area contributed by atoms with Crippen LogP contribution in [-0.4, -0.2) is 41.6 Å². The van der Waals surface area contributed by atoms with Gasteiger partial charge in [-0.2, -0.15) is 0 Å². The predicted octanol–water partition coefficient (Wildman–Crippen LogP) is 4.12. The van der Waals surface area contributed by atoms with Crippen LogP contribution in [-0.2, 0) is 25.5 Å². The minimum Gasteiger partial charge on any atom is -0.462 e. The molecule has 6 rings (SSSR count). The SMILES string of the molecule is CCOC(=O)c1ccc(N2C(=O)[C@H]3[C@@H](c4ccc(CC)cc4)OC4(C(=O)c5ccccc5C4=O)[C@@H]3C2=O)cc1. The highest BCUT2D eigenvalue weighted by molar-refractivity contribution is 6.37. The standard InChI is InChI=1S/C31H25NO7/c1-3-17-9-11-18(12-10-17)25-23-24(31(39-25)26(33)21-7-5-6-8-22(21)27(31)34)29(36)32(28(23)35)20-15-13-19(14-16-20)30(37)38-4-2/h5-16,23-25H,3-4H2,1-2H3/t23-,24+,25-/m1/s1. The second kappa shape index (κ2) is 9.10. The molecule has 1 spiro atoms. The molecule has 2 amide bonds. The Bertz CT molecular complexity index is 1500. The summed E-state index contributed by atoms with van der Waals surface area (Å²) < 4.78 is 11.3. The molecule has 1 aliphatic carbocycles. The minimum atomic E-state index is -2.13. The van der Waals surface area contributed by atoms with Crippen LogP contribution in [0, 0.1) is 11.8 Å². The number of esters is 1. The van der Waals surface area contributed by atoms with Crippen LogP contribution in [0.4, 0.5) is 5.69 Å². The van der Waals surface area contributed by atoms with Crippen molar-refractivity contribution in [1.82, 2.24) is 0 Å². The Hall–Kier alpha value is -4.43. The smallest absolute Gasteiger partial charge is 0.338 e. The van der Waals surface area contributed by atoms with E-state index in [4.69, 9.17) is 9.47 Å². The van der Waals surface area contributed by atoms with Gasteiger partial charge in [-0.25, -0.2) is 9.69 Å². The number of hydrogen-bond acceptors (Lipinski definition) is 7. The number of benzene rings is 3. The number of ether oxygens (including phenoxy) is 2. The number of aryl methyl sites for hydroxylation is 1. The van der Waals surface area contributed by atoms with E-state index in [1.54, 1.807) is 31.2 Å². The molecule has 0 radical (unpaired) electrons. The van der Waals surface area contributed by atoms with E-state index in [0.29, 0.717) is 5.56 Å². The summed E-state index contributed by atoms with van der Waals surface area (Å²) in [7, 11) is 0. The van der Waals surface area contributed by atoms with Gasteiger partial charge < -0.3 is 9.47 Å². The van der Waals surface area contributed by atoms with Crippen molar-refractivity contribution in [2.24, 2.45) is 11.8 Å². The highest BCUT2D eigenvalue weighted by atomic mass is 16.5. The second-order valence-electron chi connectivity index (χ2n) is 9.86. The van der Waals surface area contributed by atoms with Gasteiger partial charge in [-0.3, -0.25) is 19.2 Å². The Morgan fingerprint density at radius 1 is 0.846 bits per heavy atom. The fraction of sp³-hybridized carbons (Fsp3) is 0.258. The van der Waals surface area contributed by atoms with Crippen LogP contribution in [0.1, 0.15) is 62.2 Å². The Kier molecular flexibility index (Phi) is 5.80. The third kappa shape index (κ3) is 3.44. The van der Waals surface area contributed by atoms with Crippen molar-refractivity contribution in [3.8, 4) is 0 Å². The van der Waals surface area contributed by atoms with E-state index in [0.717, 1.165) is 16.9 Å². The van der Waals surface area contributed by atoms with Gasteiger partial charge in [0.05, 0.1) is 35.8 Å². The normalized spacial score (nSPS) is 22.9. The number of amides is 2. The molecule has 3 aromatic carbocycles. The fourth-order valence-corrected chi connectivity index (χ4v) is 5.98.